The molecule has 0 amide bonds. The van der Waals surface area contributed by atoms with E-state index in [1.165, 1.54) is 38.5 Å². The fourth-order valence-electron chi connectivity index (χ4n) is 3.18. The van der Waals surface area contributed by atoms with Crippen molar-refractivity contribution < 1.29 is 5.11 Å². The zero-order valence-electron chi connectivity index (χ0n) is 9.97. The minimum Gasteiger partial charge on any atom is -0.389 e. The van der Waals surface area contributed by atoms with Gasteiger partial charge in [0.2, 0.25) is 0 Å². The summed E-state index contributed by atoms with van der Waals surface area (Å²) in [5, 5.41) is 13.8. The Kier molecular flexibility index (Phi) is 3.68. The summed E-state index contributed by atoms with van der Waals surface area (Å²) >= 11 is 0. The van der Waals surface area contributed by atoms with Crippen LogP contribution in [-0.2, 0) is 0 Å². The third kappa shape index (κ3) is 2.94. The lowest BCUT2D eigenvalue weighted by Crippen LogP contribution is -2.43. The van der Waals surface area contributed by atoms with E-state index in [1.807, 2.05) is 0 Å². The standard InChI is InChI=1S/C13H25NO/c1-11(12-6-2-3-7-12)14-10-13(15)8-4-5-9-13/h11-12,14-15H,2-10H2,1H3. The summed E-state index contributed by atoms with van der Waals surface area (Å²) in [4.78, 5) is 0. The Balaban J connectivity index is 1.72. The van der Waals surface area contributed by atoms with Gasteiger partial charge in [-0.15, -0.1) is 0 Å². The van der Waals surface area contributed by atoms with Gasteiger partial charge in [0, 0.05) is 12.6 Å². The van der Waals surface area contributed by atoms with Gasteiger partial charge in [0.1, 0.15) is 0 Å². The van der Waals surface area contributed by atoms with Crippen LogP contribution in [0, 0.1) is 5.92 Å². The molecule has 1 unspecified atom stereocenters. The third-order valence-corrected chi connectivity index (χ3v) is 4.39. The van der Waals surface area contributed by atoms with Gasteiger partial charge >= 0.3 is 0 Å². The van der Waals surface area contributed by atoms with Gasteiger partial charge in [-0.1, -0.05) is 25.7 Å². The second kappa shape index (κ2) is 4.84. The molecule has 0 aliphatic heterocycles. The Morgan fingerprint density at radius 2 is 1.80 bits per heavy atom. The molecule has 2 aliphatic carbocycles. The smallest absolute Gasteiger partial charge is 0.0771 e. The second-order valence-corrected chi connectivity index (χ2v) is 5.65. The SMILES string of the molecule is CC(NCC1(O)CCCC1)C1CCCC1. The van der Waals surface area contributed by atoms with Crippen molar-refractivity contribution >= 4 is 0 Å². The molecular weight excluding hydrogens is 186 g/mol. The molecular formula is C13H25NO. The fraction of sp³-hybridized carbons (Fsp3) is 1.00. The van der Waals surface area contributed by atoms with E-state index in [-0.39, 0.29) is 5.60 Å². The van der Waals surface area contributed by atoms with Gasteiger partial charge < -0.3 is 10.4 Å². The summed E-state index contributed by atoms with van der Waals surface area (Å²) in [5.41, 5.74) is -0.382. The zero-order chi connectivity index (χ0) is 10.7. The van der Waals surface area contributed by atoms with Crippen molar-refractivity contribution in [3.8, 4) is 0 Å². The van der Waals surface area contributed by atoms with Crippen molar-refractivity contribution in [2.24, 2.45) is 5.92 Å². The maximum atomic E-state index is 10.2. The lowest BCUT2D eigenvalue weighted by molar-refractivity contribution is 0.0433. The van der Waals surface area contributed by atoms with E-state index in [4.69, 9.17) is 0 Å². The van der Waals surface area contributed by atoms with Crippen LogP contribution < -0.4 is 5.32 Å². The summed E-state index contributed by atoms with van der Waals surface area (Å²) in [5.74, 6) is 0.856. The highest BCUT2D eigenvalue weighted by atomic mass is 16.3. The number of nitrogens with one attached hydrogen (secondary N) is 1. The monoisotopic (exact) mass is 211 g/mol. The van der Waals surface area contributed by atoms with Gasteiger partial charge in [-0.2, -0.15) is 0 Å². The minimum absolute atomic E-state index is 0.382. The van der Waals surface area contributed by atoms with Crippen LogP contribution in [0.25, 0.3) is 0 Å². The normalized spacial score (nSPS) is 28.4. The molecule has 15 heavy (non-hydrogen) atoms. The van der Waals surface area contributed by atoms with Gasteiger partial charge in [0.15, 0.2) is 0 Å². The Bertz CT molecular complexity index is 193. The lowest BCUT2D eigenvalue weighted by atomic mass is 9.97. The fourth-order valence-corrected chi connectivity index (χ4v) is 3.18. The average molecular weight is 211 g/mol. The van der Waals surface area contributed by atoms with Crippen molar-refractivity contribution in [2.75, 3.05) is 6.54 Å². The molecule has 2 aliphatic rings. The Morgan fingerprint density at radius 3 is 2.40 bits per heavy atom. The molecule has 0 aromatic heterocycles. The van der Waals surface area contributed by atoms with E-state index >= 15 is 0 Å². The van der Waals surface area contributed by atoms with Crippen LogP contribution in [0.4, 0.5) is 0 Å². The van der Waals surface area contributed by atoms with E-state index in [1.54, 1.807) is 0 Å². The van der Waals surface area contributed by atoms with Gasteiger partial charge in [-0.25, -0.2) is 0 Å². The van der Waals surface area contributed by atoms with Gasteiger partial charge in [0.25, 0.3) is 0 Å². The molecule has 2 saturated carbocycles. The minimum atomic E-state index is -0.382. The van der Waals surface area contributed by atoms with E-state index in [2.05, 4.69) is 12.2 Å². The Morgan fingerprint density at radius 1 is 1.20 bits per heavy atom. The summed E-state index contributed by atoms with van der Waals surface area (Å²) < 4.78 is 0. The quantitative estimate of drug-likeness (QED) is 0.748. The van der Waals surface area contributed by atoms with Crippen molar-refractivity contribution in [3.05, 3.63) is 0 Å². The van der Waals surface area contributed by atoms with Gasteiger partial charge in [-0.3, -0.25) is 0 Å². The molecule has 88 valence electrons. The van der Waals surface area contributed by atoms with Crippen molar-refractivity contribution in [3.63, 3.8) is 0 Å². The van der Waals surface area contributed by atoms with Crippen molar-refractivity contribution in [1.82, 2.24) is 5.32 Å². The summed E-state index contributed by atoms with van der Waals surface area (Å²) in [7, 11) is 0. The predicted octanol–water partition coefficient (Wildman–Crippen LogP) is 2.46. The first-order chi connectivity index (χ1) is 7.20. The lowest BCUT2D eigenvalue weighted by Gasteiger charge is -2.27. The van der Waals surface area contributed by atoms with Crippen molar-refractivity contribution in [2.45, 2.75) is 69.9 Å². The molecule has 0 aromatic rings. The van der Waals surface area contributed by atoms with Gasteiger partial charge in [-0.05, 0) is 38.5 Å². The molecule has 2 heteroatoms. The molecule has 2 fully saturated rings. The Hall–Kier alpha value is -0.0800. The Labute approximate surface area is 93.5 Å². The highest BCUT2D eigenvalue weighted by Crippen LogP contribution is 2.30. The third-order valence-electron chi connectivity index (χ3n) is 4.39. The summed E-state index contributed by atoms with van der Waals surface area (Å²) in [6.45, 7) is 3.10. The number of hydrogen-bond donors (Lipinski definition) is 2. The second-order valence-electron chi connectivity index (χ2n) is 5.65. The van der Waals surface area contributed by atoms with Crippen LogP contribution in [-0.4, -0.2) is 23.3 Å². The molecule has 0 spiro atoms. The van der Waals surface area contributed by atoms with Crippen LogP contribution in [0.5, 0.6) is 0 Å². The molecule has 0 saturated heterocycles. The number of rotatable bonds is 4. The average Bonchev–Trinajstić information content (AvgIpc) is 2.85. The first kappa shape index (κ1) is 11.4. The molecule has 2 rings (SSSR count). The van der Waals surface area contributed by atoms with E-state index in [0.717, 1.165) is 25.3 Å². The molecule has 1 atom stereocenters. The van der Waals surface area contributed by atoms with E-state index in [9.17, 15) is 5.11 Å². The first-order valence-corrected chi connectivity index (χ1v) is 6.65. The maximum absolute atomic E-state index is 10.2. The summed E-state index contributed by atoms with van der Waals surface area (Å²) in [6, 6.07) is 0.595. The number of hydrogen-bond acceptors (Lipinski definition) is 2. The molecule has 0 aromatic carbocycles. The molecule has 0 bridgehead atoms. The van der Waals surface area contributed by atoms with E-state index in [0.29, 0.717) is 6.04 Å². The highest BCUT2D eigenvalue weighted by molar-refractivity contribution is 4.88. The van der Waals surface area contributed by atoms with Crippen LogP contribution in [0.3, 0.4) is 0 Å². The van der Waals surface area contributed by atoms with Crippen LogP contribution in [0.1, 0.15) is 58.3 Å². The van der Waals surface area contributed by atoms with Crippen LogP contribution in [0.15, 0.2) is 0 Å². The largest absolute Gasteiger partial charge is 0.389 e. The maximum Gasteiger partial charge on any atom is 0.0771 e. The van der Waals surface area contributed by atoms with Crippen LogP contribution >= 0.6 is 0 Å². The van der Waals surface area contributed by atoms with E-state index < -0.39 is 0 Å². The zero-order valence-corrected chi connectivity index (χ0v) is 9.97. The molecule has 0 radical (unpaired) electrons. The predicted molar refractivity (Wildman–Crippen MR) is 62.8 cm³/mol. The molecule has 2 nitrogen and oxygen atoms in total. The number of aliphatic hydroxyl groups is 1. The molecule has 0 heterocycles. The van der Waals surface area contributed by atoms with Gasteiger partial charge in [0.05, 0.1) is 5.60 Å². The highest BCUT2D eigenvalue weighted by Gasteiger charge is 2.32. The van der Waals surface area contributed by atoms with Crippen molar-refractivity contribution in [1.29, 1.82) is 0 Å². The first-order valence-electron chi connectivity index (χ1n) is 6.65. The summed E-state index contributed by atoms with van der Waals surface area (Å²) in [6.07, 6.45) is 9.97. The topological polar surface area (TPSA) is 32.3 Å². The molecule has 2 N–H and O–H groups in total. The van der Waals surface area contributed by atoms with Crippen LogP contribution in [0.2, 0.25) is 0 Å².